The van der Waals surface area contributed by atoms with E-state index in [4.69, 9.17) is 13.6 Å². The Kier molecular flexibility index (Phi) is 3.92. The molecule has 0 unspecified atom stereocenters. The third-order valence-electron chi connectivity index (χ3n) is 3.25. The number of oxazole rings is 1. The zero-order valence-electron chi connectivity index (χ0n) is 12.9. The molecule has 2 heterocycles. The number of esters is 1. The summed E-state index contributed by atoms with van der Waals surface area (Å²) in [5, 5.41) is 7.54. The van der Waals surface area contributed by atoms with Crippen LogP contribution in [0.15, 0.2) is 39.5 Å². The van der Waals surface area contributed by atoms with E-state index in [9.17, 15) is 4.79 Å². The molecule has 1 aromatic carbocycles. The third kappa shape index (κ3) is 3.13. The van der Waals surface area contributed by atoms with E-state index < -0.39 is 12.1 Å². The lowest BCUT2D eigenvalue weighted by molar-refractivity contribution is 0.0271. The number of rotatable bonds is 4. The normalized spacial score (nSPS) is 12.1. The topological polar surface area (TPSA) is 91.2 Å². The van der Waals surface area contributed by atoms with Crippen LogP contribution < -0.4 is 0 Å². The fraction of sp³-hybridized carbons (Fsp3) is 0.250. The van der Waals surface area contributed by atoms with Crippen molar-refractivity contribution in [3.63, 3.8) is 0 Å². The molecule has 0 aliphatic rings. The molecule has 0 aliphatic carbocycles. The van der Waals surface area contributed by atoms with Gasteiger partial charge in [0.2, 0.25) is 5.89 Å². The van der Waals surface area contributed by atoms with Gasteiger partial charge in [-0.15, -0.1) is 10.2 Å². The molecule has 0 bridgehead atoms. The predicted molar refractivity (Wildman–Crippen MR) is 79.5 cm³/mol. The van der Waals surface area contributed by atoms with Gasteiger partial charge in [-0.2, -0.15) is 0 Å². The highest BCUT2D eigenvalue weighted by Crippen LogP contribution is 2.25. The summed E-state index contributed by atoms with van der Waals surface area (Å²) in [5.41, 5.74) is 1.97. The quantitative estimate of drug-likeness (QED) is 0.683. The van der Waals surface area contributed by atoms with Gasteiger partial charge in [0.05, 0.1) is 0 Å². The number of nitrogens with zero attached hydrogens (tertiary/aromatic N) is 3. The first kappa shape index (κ1) is 15.0. The van der Waals surface area contributed by atoms with Gasteiger partial charge in [0.1, 0.15) is 0 Å². The van der Waals surface area contributed by atoms with Crippen LogP contribution in [0.1, 0.15) is 40.9 Å². The first-order chi connectivity index (χ1) is 11.0. The maximum Gasteiger partial charge on any atom is 0.361 e. The van der Waals surface area contributed by atoms with Gasteiger partial charge in [0, 0.05) is 12.5 Å². The second-order valence-electron chi connectivity index (χ2n) is 5.10. The summed E-state index contributed by atoms with van der Waals surface area (Å²) in [6.45, 7) is 5.29. The number of ether oxygens (including phenoxy) is 1. The molecule has 0 aliphatic heterocycles. The number of carbonyl (C=O) groups excluding carboxylic acids is 1. The third-order valence-corrected chi connectivity index (χ3v) is 3.25. The molecule has 23 heavy (non-hydrogen) atoms. The fourth-order valence-electron chi connectivity index (χ4n) is 2.04. The summed E-state index contributed by atoms with van der Waals surface area (Å²) in [5.74, 6) is 0.391. The average Bonchev–Trinajstić information content (AvgIpc) is 3.17. The van der Waals surface area contributed by atoms with Crippen LogP contribution in [0, 0.1) is 13.8 Å². The van der Waals surface area contributed by atoms with Gasteiger partial charge in [-0.25, -0.2) is 9.78 Å². The van der Waals surface area contributed by atoms with Crippen LogP contribution in [0.25, 0.3) is 11.3 Å². The molecule has 0 saturated carbocycles. The number of aromatic nitrogens is 3. The van der Waals surface area contributed by atoms with Crippen LogP contribution in [0.3, 0.4) is 0 Å². The summed E-state index contributed by atoms with van der Waals surface area (Å²) in [6.07, 6.45) is 0.541. The fourth-order valence-corrected chi connectivity index (χ4v) is 2.04. The summed E-state index contributed by atoms with van der Waals surface area (Å²) < 4.78 is 15.9. The van der Waals surface area contributed by atoms with Crippen molar-refractivity contribution in [1.82, 2.24) is 15.2 Å². The van der Waals surface area contributed by atoms with Gasteiger partial charge in [0.25, 0.3) is 5.89 Å². The zero-order chi connectivity index (χ0) is 16.4. The maximum absolute atomic E-state index is 12.3. The number of aryl methyl sites for hydroxylation is 2. The standard InChI is InChI=1S/C16H15N3O4/c1-9-4-6-12(7-5-9)14-13(17-8-21-14)16(20)22-10(2)15-19-18-11(3)23-15/h4-8,10H,1-3H3/t10-/m0/s1. The lowest BCUT2D eigenvalue weighted by Gasteiger charge is -2.08. The van der Waals surface area contributed by atoms with Gasteiger partial charge >= 0.3 is 5.97 Å². The van der Waals surface area contributed by atoms with Crippen molar-refractivity contribution >= 4 is 5.97 Å². The molecule has 118 valence electrons. The highest BCUT2D eigenvalue weighted by atomic mass is 16.6. The molecule has 1 atom stereocenters. The largest absolute Gasteiger partial charge is 0.448 e. The van der Waals surface area contributed by atoms with Gasteiger partial charge in [0.15, 0.2) is 24.0 Å². The predicted octanol–water partition coefficient (Wildman–Crippen LogP) is 3.26. The van der Waals surface area contributed by atoms with Crippen molar-refractivity contribution in [2.75, 3.05) is 0 Å². The van der Waals surface area contributed by atoms with E-state index >= 15 is 0 Å². The summed E-state index contributed by atoms with van der Waals surface area (Å²) in [4.78, 5) is 16.3. The van der Waals surface area contributed by atoms with E-state index in [0.717, 1.165) is 11.1 Å². The molecule has 0 amide bonds. The Bertz CT molecular complexity index is 820. The number of benzene rings is 1. The van der Waals surface area contributed by atoms with Crippen molar-refractivity contribution in [2.24, 2.45) is 0 Å². The first-order valence-electron chi connectivity index (χ1n) is 7.06. The minimum Gasteiger partial charge on any atom is -0.448 e. The lowest BCUT2D eigenvalue weighted by Crippen LogP contribution is -2.11. The minimum atomic E-state index is -0.675. The lowest BCUT2D eigenvalue weighted by atomic mass is 10.1. The Morgan fingerprint density at radius 1 is 1.17 bits per heavy atom. The Hall–Kier alpha value is -2.96. The van der Waals surface area contributed by atoms with Crippen LogP contribution in [0.2, 0.25) is 0 Å². The van der Waals surface area contributed by atoms with Crippen molar-refractivity contribution < 1.29 is 18.4 Å². The second-order valence-corrected chi connectivity index (χ2v) is 5.10. The molecule has 0 spiro atoms. The monoisotopic (exact) mass is 313 g/mol. The Balaban J connectivity index is 1.81. The van der Waals surface area contributed by atoms with E-state index in [1.165, 1.54) is 6.39 Å². The van der Waals surface area contributed by atoms with Crippen molar-refractivity contribution in [1.29, 1.82) is 0 Å². The molecule has 7 heteroatoms. The highest BCUT2D eigenvalue weighted by molar-refractivity contribution is 5.93. The van der Waals surface area contributed by atoms with Crippen molar-refractivity contribution in [3.8, 4) is 11.3 Å². The molecular weight excluding hydrogens is 298 g/mol. The molecule has 3 aromatic rings. The molecule has 0 radical (unpaired) electrons. The molecule has 0 N–H and O–H groups in total. The average molecular weight is 313 g/mol. The Morgan fingerprint density at radius 2 is 1.91 bits per heavy atom. The minimum absolute atomic E-state index is 0.108. The molecule has 0 fully saturated rings. The molecular formula is C16H15N3O4. The smallest absolute Gasteiger partial charge is 0.361 e. The summed E-state index contributed by atoms with van der Waals surface area (Å²) in [6, 6.07) is 7.57. The Morgan fingerprint density at radius 3 is 2.57 bits per heavy atom. The highest BCUT2D eigenvalue weighted by Gasteiger charge is 2.24. The van der Waals surface area contributed by atoms with Crippen LogP contribution in [-0.4, -0.2) is 21.2 Å². The van der Waals surface area contributed by atoms with E-state index in [1.54, 1.807) is 13.8 Å². The van der Waals surface area contributed by atoms with Crippen LogP contribution in [0.5, 0.6) is 0 Å². The van der Waals surface area contributed by atoms with E-state index in [0.29, 0.717) is 11.7 Å². The van der Waals surface area contributed by atoms with Crippen LogP contribution in [0.4, 0.5) is 0 Å². The van der Waals surface area contributed by atoms with Gasteiger partial charge in [-0.3, -0.25) is 0 Å². The van der Waals surface area contributed by atoms with Crippen LogP contribution >= 0.6 is 0 Å². The zero-order valence-corrected chi connectivity index (χ0v) is 12.9. The van der Waals surface area contributed by atoms with Crippen molar-refractivity contribution in [2.45, 2.75) is 26.9 Å². The van der Waals surface area contributed by atoms with Crippen molar-refractivity contribution in [3.05, 3.63) is 53.7 Å². The molecule has 7 nitrogen and oxygen atoms in total. The van der Waals surface area contributed by atoms with E-state index in [1.807, 2.05) is 31.2 Å². The van der Waals surface area contributed by atoms with Gasteiger partial charge < -0.3 is 13.6 Å². The second kappa shape index (κ2) is 6.04. The van der Waals surface area contributed by atoms with Gasteiger partial charge in [-0.05, 0) is 13.8 Å². The van der Waals surface area contributed by atoms with E-state index in [2.05, 4.69) is 15.2 Å². The summed E-state index contributed by atoms with van der Waals surface area (Å²) >= 11 is 0. The number of hydrogen-bond donors (Lipinski definition) is 0. The summed E-state index contributed by atoms with van der Waals surface area (Å²) in [7, 11) is 0. The first-order valence-corrected chi connectivity index (χ1v) is 7.06. The number of hydrogen-bond acceptors (Lipinski definition) is 7. The Labute approximate surface area is 132 Å². The number of carbonyl (C=O) groups is 1. The van der Waals surface area contributed by atoms with E-state index in [-0.39, 0.29) is 11.6 Å². The molecule has 2 aromatic heterocycles. The molecule has 3 rings (SSSR count). The van der Waals surface area contributed by atoms with Gasteiger partial charge in [-0.1, -0.05) is 29.8 Å². The molecule has 0 saturated heterocycles. The maximum atomic E-state index is 12.3. The van der Waals surface area contributed by atoms with Crippen LogP contribution in [-0.2, 0) is 4.74 Å². The SMILES string of the molecule is Cc1ccc(-c2ocnc2C(=O)O[C@@H](C)c2nnc(C)o2)cc1.